The van der Waals surface area contributed by atoms with Gasteiger partial charge in [-0.3, -0.25) is 4.79 Å². The fourth-order valence-corrected chi connectivity index (χ4v) is 4.26. The minimum atomic E-state index is 0.238. The van der Waals surface area contributed by atoms with E-state index in [1.807, 2.05) is 29.0 Å². The summed E-state index contributed by atoms with van der Waals surface area (Å²) < 4.78 is 1.88. The topological polar surface area (TPSA) is 22.0 Å². The van der Waals surface area contributed by atoms with E-state index in [4.69, 9.17) is 0 Å². The maximum atomic E-state index is 12.8. The van der Waals surface area contributed by atoms with Gasteiger partial charge >= 0.3 is 0 Å². The molecule has 1 saturated carbocycles. The lowest BCUT2D eigenvalue weighted by Gasteiger charge is -2.28. The van der Waals surface area contributed by atoms with Gasteiger partial charge in [0.05, 0.1) is 6.54 Å². The van der Waals surface area contributed by atoms with Crippen LogP contribution in [0.4, 0.5) is 0 Å². The molecule has 0 saturated heterocycles. The van der Waals surface area contributed by atoms with Crippen LogP contribution in [0.15, 0.2) is 47.4 Å². The van der Waals surface area contributed by atoms with Gasteiger partial charge in [0, 0.05) is 11.8 Å². The largest absolute Gasteiger partial charge is 0.311 e. The van der Waals surface area contributed by atoms with Crippen LogP contribution in [0.2, 0.25) is 0 Å². The second kappa shape index (κ2) is 5.18. The SMILES string of the molecule is O=c1c2c(ccn1Cc1ccccc1)[C@@H]1CCC[C@@H]1CC2. The molecule has 2 nitrogen and oxygen atoms in total. The average Bonchev–Trinajstić information content (AvgIpc) is 3.00. The van der Waals surface area contributed by atoms with E-state index >= 15 is 0 Å². The quantitative estimate of drug-likeness (QED) is 0.821. The Labute approximate surface area is 125 Å². The van der Waals surface area contributed by atoms with Crippen LogP contribution in [0.25, 0.3) is 0 Å². The predicted molar refractivity (Wildman–Crippen MR) is 84.6 cm³/mol. The van der Waals surface area contributed by atoms with E-state index in [0.29, 0.717) is 12.5 Å². The third-order valence-corrected chi connectivity index (χ3v) is 5.32. The highest BCUT2D eigenvalue weighted by molar-refractivity contribution is 5.32. The molecule has 108 valence electrons. The molecule has 0 spiro atoms. The summed E-state index contributed by atoms with van der Waals surface area (Å²) in [5.41, 5.74) is 3.88. The normalized spacial score (nSPS) is 23.6. The van der Waals surface area contributed by atoms with Gasteiger partial charge in [0.1, 0.15) is 0 Å². The number of benzene rings is 1. The summed E-state index contributed by atoms with van der Waals surface area (Å²) in [5.74, 6) is 1.50. The minimum Gasteiger partial charge on any atom is -0.311 e. The third kappa shape index (κ3) is 2.23. The summed E-state index contributed by atoms with van der Waals surface area (Å²) in [5, 5.41) is 0. The van der Waals surface area contributed by atoms with Crippen molar-refractivity contribution in [2.45, 2.75) is 44.6 Å². The molecule has 1 aromatic carbocycles. The van der Waals surface area contributed by atoms with Crippen LogP contribution < -0.4 is 5.56 Å². The second-order valence-corrected chi connectivity index (χ2v) is 6.50. The fraction of sp³-hybridized carbons (Fsp3) is 0.421. The molecule has 0 aliphatic heterocycles. The Morgan fingerprint density at radius 2 is 1.90 bits per heavy atom. The van der Waals surface area contributed by atoms with Crippen molar-refractivity contribution in [2.24, 2.45) is 5.92 Å². The first-order valence-corrected chi connectivity index (χ1v) is 8.09. The molecule has 0 N–H and O–H groups in total. The first-order chi connectivity index (χ1) is 10.3. The molecule has 2 atom stereocenters. The van der Waals surface area contributed by atoms with E-state index in [1.165, 1.54) is 36.8 Å². The summed E-state index contributed by atoms with van der Waals surface area (Å²) in [6.45, 7) is 0.682. The van der Waals surface area contributed by atoms with Crippen molar-refractivity contribution >= 4 is 0 Å². The van der Waals surface area contributed by atoms with Crippen LogP contribution >= 0.6 is 0 Å². The van der Waals surface area contributed by atoms with Crippen LogP contribution in [0.5, 0.6) is 0 Å². The van der Waals surface area contributed by atoms with Crippen molar-refractivity contribution in [3.63, 3.8) is 0 Å². The van der Waals surface area contributed by atoms with Crippen LogP contribution in [-0.2, 0) is 13.0 Å². The maximum absolute atomic E-state index is 12.8. The lowest BCUT2D eigenvalue weighted by molar-refractivity contribution is 0.418. The molecule has 0 unspecified atom stereocenters. The van der Waals surface area contributed by atoms with Crippen LogP contribution in [-0.4, -0.2) is 4.57 Å². The Morgan fingerprint density at radius 3 is 2.76 bits per heavy atom. The summed E-state index contributed by atoms with van der Waals surface area (Å²) >= 11 is 0. The zero-order valence-corrected chi connectivity index (χ0v) is 12.3. The van der Waals surface area contributed by atoms with Gasteiger partial charge in [0.25, 0.3) is 5.56 Å². The lowest BCUT2D eigenvalue weighted by Crippen LogP contribution is -2.29. The molecule has 21 heavy (non-hydrogen) atoms. The first kappa shape index (κ1) is 12.9. The van der Waals surface area contributed by atoms with Gasteiger partial charge in [-0.15, -0.1) is 0 Å². The molecule has 0 amide bonds. The zero-order valence-electron chi connectivity index (χ0n) is 12.3. The summed E-state index contributed by atoms with van der Waals surface area (Å²) in [6, 6.07) is 12.5. The van der Waals surface area contributed by atoms with Gasteiger partial charge in [-0.2, -0.15) is 0 Å². The summed E-state index contributed by atoms with van der Waals surface area (Å²) in [4.78, 5) is 12.8. The number of hydrogen-bond donors (Lipinski definition) is 0. The van der Waals surface area contributed by atoms with Crippen LogP contribution in [0, 0.1) is 5.92 Å². The van der Waals surface area contributed by atoms with Gasteiger partial charge in [-0.1, -0.05) is 36.8 Å². The van der Waals surface area contributed by atoms with E-state index in [0.717, 1.165) is 17.9 Å². The van der Waals surface area contributed by atoms with Gasteiger partial charge < -0.3 is 4.57 Å². The lowest BCUT2D eigenvalue weighted by atomic mass is 9.78. The molecule has 1 heterocycles. The van der Waals surface area contributed by atoms with Crippen LogP contribution in [0.1, 0.15) is 48.3 Å². The monoisotopic (exact) mass is 279 g/mol. The number of fused-ring (bicyclic) bond motifs is 3. The molecule has 0 bridgehead atoms. The minimum absolute atomic E-state index is 0.238. The van der Waals surface area contributed by atoms with E-state index in [1.54, 1.807) is 0 Å². The Morgan fingerprint density at radius 1 is 1.05 bits per heavy atom. The fourth-order valence-electron chi connectivity index (χ4n) is 4.26. The highest BCUT2D eigenvalue weighted by Crippen LogP contribution is 2.45. The molecule has 0 radical (unpaired) electrons. The Hall–Kier alpha value is -1.83. The molecular formula is C19H21NO. The number of hydrogen-bond acceptors (Lipinski definition) is 1. The maximum Gasteiger partial charge on any atom is 0.254 e. The number of nitrogens with zero attached hydrogens (tertiary/aromatic N) is 1. The van der Waals surface area contributed by atoms with E-state index in [-0.39, 0.29) is 5.56 Å². The van der Waals surface area contributed by atoms with Crippen molar-refractivity contribution in [3.8, 4) is 0 Å². The number of aromatic nitrogens is 1. The van der Waals surface area contributed by atoms with Gasteiger partial charge in [0.15, 0.2) is 0 Å². The highest BCUT2D eigenvalue weighted by atomic mass is 16.1. The first-order valence-electron chi connectivity index (χ1n) is 8.09. The predicted octanol–water partition coefficient (Wildman–Crippen LogP) is 3.73. The summed E-state index contributed by atoms with van der Waals surface area (Å²) in [7, 11) is 0. The van der Waals surface area contributed by atoms with Crippen LogP contribution in [0.3, 0.4) is 0 Å². The summed E-state index contributed by atoms with van der Waals surface area (Å²) in [6.07, 6.45) is 8.17. The molecule has 2 aliphatic rings. The Bertz CT molecular complexity index is 701. The smallest absolute Gasteiger partial charge is 0.254 e. The molecule has 2 heteroatoms. The molecule has 2 aromatic rings. The molecular weight excluding hydrogens is 258 g/mol. The standard InChI is InChI=1S/C19H21NO/c21-19-18-10-9-15-7-4-8-16(15)17(18)11-12-20(19)13-14-5-2-1-3-6-14/h1-3,5-6,11-12,15-16H,4,7-10,13H2/t15-,16-/m1/s1. The Balaban J connectivity index is 1.71. The molecule has 2 aliphatic carbocycles. The third-order valence-electron chi connectivity index (χ3n) is 5.32. The average molecular weight is 279 g/mol. The van der Waals surface area contributed by atoms with Gasteiger partial charge in [-0.25, -0.2) is 0 Å². The van der Waals surface area contributed by atoms with Gasteiger partial charge in [0.2, 0.25) is 0 Å². The van der Waals surface area contributed by atoms with E-state index < -0.39 is 0 Å². The van der Waals surface area contributed by atoms with Crippen molar-refractivity contribution in [3.05, 3.63) is 69.6 Å². The molecule has 1 aromatic heterocycles. The van der Waals surface area contributed by atoms with E-state index in [2.05, 4.69) is 18.2 Å². The van der Waals surface area contributed by atoms with Crippen molar-refractivity contribution < 1.29 is 0 Å². The highest BCUT2D eigenvalue weighted by Gasteiger charge is 2.34. The van der Waals surface area contributed by atoms with Gasteiger partial charge in [-0.05, 0) is 54.7 Å². The zero-order chi connectivity index (χ0) is 14.2. The molecule has 1 fully saturated rings. The molecule has 4 rings (SSSR count). The number of rotatable bonds is 2. The number of pyridine rings is 1. The van der Waals surface area contributed by atoms with Crippen molar-refractivity contribution in [1.29, 1.82) is 0 Å². The second-order valence-electron chi connectivity index (χ2n) is 6.50. The van der Waals surface area contributed by atoms with Crippen molar-refractivity contribution in [1.82, 2.24) is 4.57 Å². The van der Waals surface area contributed by atoms with E-state index in [9.17, 15) is 4.79 Å². The van der Waals surface area contributed by atoms with Crippen molar-refractivity contribution in [2.75, 3.05) is 0 Å². The Kier molecular flexibility index (Phi) is 3.17.